The summed E-state index contributed by atoms with van der Waals surface area (Å²) in [5.41, 5.74) is 0.728. The number of aryl methyl sites for hydroxylation is 1. The van der Waals surface area contributed by atoms with Gasteiger partial charge in [0.1, 0.15) is 0 Å². The second-order valence-electron chi connectivity index (χ2n) is 5.00. The minimum Gasteiger partial charge on any atom is -0.434 e. The molecular formula is C15H13Cl2N3O2. The lowest BCUT2D eigenvalue weighted by Crippen LogP contribution is -2.24. The van der Waals surface area contributed by atoms with Crippen LogP contribution in [0.15, 0.2) is 23.0 Å². The topological polar surface area (TPSA) is 67.9 Å². The number of benzene rings is 1. The summed E-state index contributed by atoms with van der Waals surface area (Å²) in [6, 6.07) is 6.43. The van der Waals surface area contributed by atoms with Crippen molar-refractivity contribution >= 4 is 23.2 Å². The van der Waals surface area contributed by atoms with E-state index in [0.29, 0.717) is 11.1 Å². The predicted octanol–water partition coefficient (Wildman–Crippen LogP) is 3.87. The van der Waals surface area contributed by atoms with Crippen molar-refractivity contribution in [1.82, 2.24) is 9.78 Å². The summed E-state index contributed by atoms with van der Waals surface area (Å²) in [6.07, 6.45) is 0. The summed E-state index contributed by atoms with van der Waals surface area (Å²) in [7, 11) is 1.54. The van der Waals surface area contributed by atoms with Gasteiger partial charge in [0.2, 0.25) is 5.88 Å². The Morgan fingerprint density at radius 2 is 1.86 bits per heavy atom. The molecule has 0 unspecified atom stereocenters. The zero-order valence-electron chi connectivity index (χ0n) is 12.2. The van der Waals surface area contributed by atoms with Crippen molar-refractivity contribution in [2.45, 2.75) is 19.8 Å². The number of nitrogens with zero attached hydrogens (tertiary/aromatic N) is 3. The highest BCUT2D eigenvalue weighted by atomic mass is 35.5. The van der Waals surface area contributed by atoms with Gasteiger partial charge < -0.3 is 4.74 Å². The van der Waals surface area contributed by atoms with E-state index in [9.17, 15) is 4.79 Å². The highest BCUT2D eigenvalue weighted by Crippen LogP contribution is 2.36. The molecular weight excluding hydrogens is 325 g/mol. The molecule has 22 heavy (non-hydrogen) atoms. The Morgan fingerprint density at radius 1 is 1.27 bits per heavy atom. The lowest BCUT2D eigenvalue weighted by Gasteiger charge is -2.12. The van der Waals surface area contributed by atoms with Crippen LogP contribution < -0.4 is 10.3 Å². The fourth-order valence-corrected chi connectivity index (χ4v) is 2.46. The smallest absolute Gasteiger partial charge is 0.270 e. The van der Waals surface area contributed by atoms with Crippen LogP contribution in [0.4, 0.5) is 0 Å². The first-order valence-electron chi connectivity index (χ1n) is 6.48. The van der Waals surface area contributed by atoms with Crippen LogP contribution in [0.5, 0.6) is 11.6 Å². The van der Waals surface area contributed by atoms with Gasteiger partial charge in [-0.05, 0) is 18.1 Å². The third-order valence-electron chi connectivity index (χ3n) is 3.02. The van der Waals surface area contributed by atoms with Crippen molar-refractivity contribution in [1.29, 1.82) is 5.26 Å². The molecule has 0 spiro atoms. The zero-order valence-corrected chi connectivity index (χ0v) is 13.7. The maximum absolute atomic E-state index is 12.0. The Kier molecular flexibility index (Phi) is 4.74. The summed E-state index contributed by atoms with van der Waals surface area (Å²) in [4.78, 5) is 12.0. The van der Waals surface area contributed by atoms with Gasteiger partial charge in [-0.2, -0.15) is 5.26 Å². The first kappa shape index (κ1) is 16.3. The molecule has 1 heterocycles. The number of hydrogen-bond acceptors (Lipinski definition) is 4. The van der Waals surface area contributed by atoms with Gasteiger partial charge in [-0.25, -0.2) is 4.68 Å². The van der Waals surface area contributed by atoms with Crippen LogP contribution in [0.25, 0.3) is 0 Å². The molecule has 0 bridgehead atoms. The molecule has 0 saturated carbocycles. The Bertz CT molecular complexity index is 800. The van der Waals surface area contributed by atoms with Crippen molar-refractivity contribution < 1.29 is 4.74 Å². The molecule has 0 atom stereocenters. The molecule has 114 valence electrons. The highest BCUT2D eigenvalue weighted by Gasteiger charge is 2.15. The van der Waals surface area contributed by atoms with Crippen molar-refractivity contribution in [3.63, 3.8) is 0 Å². The standard InChI is InChI=1S/C15H13Cl2N3O2/c1-8(2)10-6-13(19-20(3)15(10)21)22-14-11(16)4-9(7-18)5-12(14)17/h4-6,8H,1-3H3. The van der Waals surface area contributed by atoms with Crippen LogP contribution in [0.2, 0.25) is 10.0 Å². The maximum atomic E-state index is 12.0. The Morgan fingerprint density at radius 3 is 2.36 bits per heavy atom. The monoisotopic (exact) mass is 337 g/mol. The van der Waals surface area contributed by atoms with E-state index >= 15 is 0 Å². The lowest BCUT2D eigenvalue weighted by atomic mass is 10.1. The average Bonchev–Trinajstić information content (AvgIpc) is 2.45. The number of halogens is 2. The van der Waals surface area contributed by atoms with Gasteiger partial charge in [0, 0.05) is 18.7 Å². The molecule has 0 aliphatic rings. The Balaban J connectivity index is 2.49. The van der Waals surface area contributed by atoms with E-state index in [1.807, 2.05) is 19.9 Å². The van der Waals surface area contributed by atoms with Gasteiger partial charge in [-0.15, -0.1) is 5.10 Å². The predicted molar refractivity (Wildman–Crippen MR) is 84.8 cm³/mol. The molecule has 0 aliphatic heterocycles. The second kappa shape index (κ2) is 6.39. The van der Waals surface area contributed by atoms with Crippen molar-refractivity contribution in [2.24, 2.45) is 7.05 Å². The zero-order chi connectivity index (χ0) is 16.4. The molecule has 5 nitrogen and oxygen atoms in total. The summed E-state index contributed by atoms with van der Waals surface area (Å²) in [5.74, 6) is 0.429. The van der Waals surface area contributed by atoms with Crippen LogP contribution in [-0.2, 0) is 7.05 Å². The highest BCUT2D eigenvalue weighted by molar-refractivity contribution is 6.37. The molecule has 0 aliphatic carbocycles. The van der Waals surface area contributed by atoms with Crippen molar-refractivity contribution in [3.05, 3.63) is 49.7 Å². The summed E-state index contributed by atoms with van der Waals surface area (Å²) in [5, 5.41) is 13.3. The fraction of sp³-hybridized carbons (Fsp3) is 0.267. The van der Waals surface area contributed by atoms with Gasteiger partial charge in [0.25, 0.3) is 5.56 Å². The fourth-order valence-electron chi connectivity index (χ4n) is 1.89. The molecule has 2 aromatic rings. The number of nitriles is 1. The van der Waals surface area contributed by atoms with Crippen LogP contribution >= 0.6 is 23.2 Å². The SMILES string of the molecule is CC(C)c1cc(Oc2c(Cl)cc(C#N)cc2Cl)nn(C)c1=O. The van der Waals surface area contributed by atoms with Gasteiger partial charge >= 0.3 is 0 Å². The molecule has 0 saturated heterocycles. The molecule has 0 radical (unpaired) electrons. The van der Waals surface area contributed by atoms with Crippen LogP contribution in [-0.4, -0.2) is 9.78 Å². The maximum Gasteiger partial charge on any atom is 0.270 e. The van der Waals surface area contributed by atoms with Crippen LogP contribution in [0.1, 0.15) is 30.9 Å². The normalized spacial score (nSPS) is 10.6. The second-order valence-corrected chi connectivity index (χ2v) is 5.82. The Hall–Kier alpha value is -2.03. The van der Waals surface area contributed by atoms with Gasteiger partial charge in [0.05, 0.1) is 21.7 Å². The largest absolute Gasteiger partial charge is 0.434 e. The molecule has 1 aromatic carbocycles. The first-order valence-corrected chi connectivity index (χ1v) is 7.24. The van der Waals surface area contributed by atoms with E-state index in [2.05, 4.69) is 5.10 Å². The van der Waals surface area contributed by atoms with Crippen LogP contribution in [0.3, 0.4) is 0 Å². The molecule has 0 N–H and O–H groups in total. The van der Waals surface area contributed by atoms with E-state index in [4.69, 9.17) is 33.2 Å². The number of rotatable bonds is 3. The number of ether oxygens (including phenoxy) is 1. The molecule has 1 aromatic heterocycles. The minimum absolute atomic E-state index is 0.0240. The number of hydrogen-bond donors (Lipinski definition) is 0. The quantitative estimate of drug-likeness (QED) is 0.852. The summed E-state index contributed by atoms with van der Waals surface area (Å²) >= 11 is 12.2. The molecule has 2 rings (SSSR count). The lowest BCUT2D eigenvalue weighted by molar-refractivity contribution is 0.437. The van der Waals surface area contributed by atoms with Crippen LogP contribution in [0, 0.1) is 11.3 Å². The number of aromatic nitrogens is 2. The molecule has 7 heteroatoms. The third-order valence-corrected chi connectivity index (χ3v) is 3.59. The first-order chi connectivity index (χ1) is 10.3. The van der Waals surface area contributed by atoms with E-state index in [1.165, 1.54) is 16.8 Å². The van der Waals surface area contributed by atoms with Gasteiger partial charge in [-0.3, -0.25) is 4.79 Å². The van der Waals surface area contributed by atoms with E-state index in [1.54, 1.807) is 13.1 Å². The van der Waals surface area contributed by atoms with E-state index in [0.717, 1.165) is 0 Å². The third kappa shape index (κ3) is 3.24. The van der Waals surface area contributed by atoms with Gasteiger partial charge in [0.15, 0.2) is 5.75 Å². The Labute approximate surface area is 137 Å². The van der Waals surface area contributed by atoms with Gasteiger partial charge in [-0.1, -0.05) is 37.0 Å². The molecule has 0 fully saturated rings. The average molecular weight is 338 g/mol. The summed E-state index contributed by atoms with van der Waals surface area (Å²) in [6.45, 7) is 3.81. The summed E-state index contributed by atoms with van der Waals surface area (Å²) < 4.78 is 6.83. The van der Waals surface area contributed by atoms with E-state index < -0.39 is 0 Å². The minimum atomic E-state index is -0.181. The molecule has 0 amide bonds. The van der Waals surface area contributed by atoms with Crippen molar-refractivity contribution in [2.75, 3.05) is 0 Å². The van der Waals surface area contributed by atoms with E-state index in [-0.39, 0.29) is 33.2 Å². The van der Waals surface area contributed by atoms with Crippen molar-refractivity contribution in [3.8, 4) is 17.7 Å².